The first kappa shape index (κ1) is 14.3. The number of thiophene rings is 2. The highest BCUT2D eigenvalue weighted by molar-refractivity contribution is 9.11. The third-order valence-corrected chi connectivity index (χ3v) is 5.85. The Morgan fingerprint density at radius 3 is 2.50 bits per heavy atom. The fourth-order valence-electron chi connectivity index (χ4n) is 1.86. The summed E-state index contributed by atoms with van der Waals surface area (Å²) in [4.78, 5) is 4.23. The Hall–Kier alpha value is -0.160. The molecule has 0 aromatic carbocycles. The molecule has 2 rings (SSSR count). The summed E-state index contributed by atoms with van der Waals surface area (Å²) in [7, 11) is 0. The van der Waals surface area contributed by atoms with Gasteiger partial charge in [0.15, 0.2) is 0 Å². The molecule has 0 saturated heterocycles. The molecule has 1 nitrogen and oxygen atoms in total. The van der Waals surface area contributed by atoms with Gasteiger partial charge in [-0.25, -0.2) is 0 Å². The zero-order valence-corrected chi connectivity index (χ0v) is 14.1. The van der Waals surface area contributed by atoms with Crippen LogP contribution in [0.3, 0.4) is 0 Å². The molecule has 2 aromatic rings. The minimum atomic E-state index is 0.346. The van der Waals surface area contributed by atoms with E-state index >= 15 is 0 Å². The van der Waals surface area contributed by atoms with E-state index in [2.05, 4.69) is 60.2 Å². The van der Waals surface area contributed by atoms with Gasteiger partial charge in [-0.1, -0.05) is 6.92 Å². The number of hydrogen-bond donors (Lipinski definition) is 1. The third-order valence-electron chi connectivity index (χ3n) is 2.95. The van der Waals surface area contributed by atoms with Crippen molar-refractivity contribution in [2.75, 3.05) is 6.54 Å². The average Bonchev–Trinajstić information content (AvgIpc) is 2.88. The molecule has 0 amide bonds. The minimum absolute atomic E-state index is 0.346. The Kier molecular flexibility index (Phi) is 5.01. The van der Waals surface area contributed by atoms with Crippen LogP contribution in [-0.4, -0.2) is 6.54 Å². The summed E-state index contributed by atoms with van der Waals surface area (Å²) in [6.07, 6.45) is 1.16. The van der Waals surface area contributed by atoms with Crippen LogP contribution < -0.4 is 5.32 Å². The molecule has 1 unspecified atom stereocenters. The molecule has 18 heavy (non-hydrogen) atoms. The third kappa shape index (κ3) is 3.23. The smallest absolute Gasteiger partial charge is 0.0765 e. The summed E-state index contributed by atoms with van der Waals surface area (Å²) in [6.45, 7) is 7.65. The maximum Gasteiger partial charge on any atom is 0.0765 e. The van der Waals surface area contributed by atoms with Crippen molar-refractivity contribution in [3.63, 3.8) is 0 Å². The summed E-state index contributed by atoms with van der Waals surface area (Å²) < 4.78 is 1.20. The van der Waals surface area contributed by atoms with E-state index in [0.717, 1.165) is 13.0 Å². The summed E-state index contributed by atoms with van der Waals surface area (Å²) in [6, 6.07) is 7.01. The van der Waals surface area contributed by atoms with E-state index in [1.807, 2.05) is 22.7 Å². The molecule has 0 aliphatic carbocycles. The molecule has 1 N–H and O–H groups in total. The quantitative estimate of drug-likeness (QED) is 0.778. The SMILES string of the molecule is CCCNC(c1ccc(Br)s1)c1cc(C)c(C)s1. The lowest BCUT2D eigenvalue weighted by Crippen LogP contribution is -2.21. The van der Waals surface area contributed by atoms with Crippen molar-refractivity contribution in [3.05, 3.63) is 42.2 Å². The number of halogens is 1. The second-order valence-corrected chi connectivity index (χ2v) is 8.20. The van der Waals surface area contributed by atoms with Crippen LogP contribution in [0.5, 0.6) is 0 Å². The van der Waals surface area contributed by atoms with Gasteiger partial charge in [-0.2, -0.15) is 0 Å². The van der Waals surface area contributed by atoms with Gasteiger partial charge in [-0.05, 0) is 66.5 Å². The van der Waals surface area contributed by atoms with E-state index in [1.54, 1.807) is 0 Å². The lowest BCUT2D eigenvalue weighted by molar-refractivity contribution is 0.613. The number of rotatable bonds is 5. The minimum Gasteiger partial charge on any atom is -0.305 e. The first-order valence-corrected chi connectivity index (χ1v) is 8.60. The molecule has 0 fully saturated rings. The molecule has 0 aliphatic rings. The predicted octanol–water partition coefficient (Wildman–Crippen LogP) is 5.28. The Balaban J connectivity index is 2.30. The number of hydrogen-bond acceptors (Lipinski definition) is 3. The van der Waals surface area contributed by atoms with Gasteiger partial charge in [0.2, 0.25) is 0 Å². The highest BCUT2D eigenvalue weighted by atomic mass is 79.9. The normalized spacial score (nSPS) is 12.9. The van der Waals surface area contributed by atoms with Crippen molar-refractivity contribution in [2.24, 2.45) is 0 Å². The highest BCUT2D eigenvalue weighted by Crippen LogP contribution is 2.35. The van der Waals surface area contributed by atoms with Crippen LogP contribution in [0.15, 0.2) is 22.0 Å². The van der Waals surface area contributed by atoms with Crippen LogP contribution >= 0.6 is 38.6 Å². The zero-order valence-electron chi connectivity index (χ0n) is 10.9. The lowest BCUT2D eigenvalue weighted by atomic mass is 10.1. The molecular formula is C14H18BrNS2. The Morgan fingerprint density at radius 2 is 2.00 bits per heavy atom. The Bertz CT molecular complexity index is 496. The Labute approximate surface area is 125 Å². The van der Waals surface area contributed by atoms with Crippen molar-refractivity contribution in [1.29, 1.82) is 0 Å². The van der Waals surface area contributed by atoms with Crippen LogP contribution in [0.4, 0.5) is 0 Å². The van der Waals surface area contributed by atoms with Crippen LogP contribution in [0.1, 0.15) is 39.6 Å². The molecule has 0 aliphatic heterocycles. The van der Waals surface area contributed by atoms with Crippen molar-refractivity contribution in [3.8, 4) is 0 Å². The van der Waals surface area contributed by atoms with Crippen LogP contribution in [-0.2, 0) is 0 Å². The van der Waals surface area contributed by atoms with E-state index in [-0.39, 0.29) is 0 Å². The van der Waals surface area contributed by atoms with Gasteiger partial charge in [0, 0.05) is 14.6 Å². The Morgan fingerprint density at radius 1 is 1.22 bits per heavy atom. The molecule has 1 atom stereocenters. The molecule has 2 aromatic heterocycles. The summed E-state index contributed by atoms with van der Waals surface area (Å²) in [5.41, 5.74) is 1.40. The predicted molar refractivity (Wildman–Crippen MR) is 85.9 cm³/mol. The maximum absolute atomic E-state index is 3.66. The van der Waals surface area contributed by atoms with Gasteiger partial charge < -0.3 is 5.32 Å². The molecule has 0 radical (unpaired) electrons. The van der Waals surface area contributed by atoms with Gasteiger partial charge in [-0.15, -0.1) is 22.7 Å². The van der Waals surface area contributed by atoms with E-state index in [1.165, 1.54) is 24.0 Å². The fraction of sp³-hybridized carbons (Fsp3) is 0.429. The van der Waals surface area contributed by atoms with E-state index < -0.39 is 0 Å². The van der Waals surface area contributed by atoms with Crippen LogP contribution in [0.25, 0.3) is 0 Å². The van der Waals surface area contributed by atoms with Gasteiger partial charge in [0.1, 0.15) is 0 Å². The fourth-order valence-corrected chi connectivity index (χ4v) is 4.59. The number of aryl methyl sites for hydroxylation is 2. The van der Waals surface area contributed by atoms with Gasteiger partial charge in [-0.3, -0.25) is 0 Å². The van der Waals surface area contributed by atoms with E-state index in [0.29, 0.717) is 6.04 Å². The first-order chi connectivity index (χ1) is 8.61. The lowest BCUT2D eigenvalue weighted by Gasteiger charge is -2.15. The topological polar surface area (TPSA) is 12.0 Å². The largest absolute Gasteiger partial charge is 0.305 e. The van der Waals surface area contributed by atoms with Gasteiger partial charge in [0.05, 0.1) is 9.83 Å². The van der Waals surface area contributed by atoms with Crippen LogP contribution in [0.2, 0.25) is 0 Å². The monoisotopic (exact) mass is 343 g/mol. The molecule has 98 valence electrons. The summed E-state index contributed by atoms with van der Waals surface area (Å²) in [5.74, 6) is 0. The van der Waals surface area contributed by atoms with Crippen molar-refractivity contribution in [2.45, 2.75) is 33.2 Å². The van der Waals surface area contributed by atoms with Crippen molar-refractivity contribution in [1.82, 2.24) is 5.32 Å². The molecule has 0 saturated carbocycles. The first-order valence-electron chi connectivity index (χ1n) is 6.17. The van der Waals surface area contributed by atoms with Crippen molar-refractivity contribution < 1.29 is 0 Å². The average molecular weight is 344 g/mol. The maximum atomic E-state index is 3.66. The second-order valence-electron chi connectivity index (χ2n) is 4.42. The summed E-state index contributed by atoms with van der Waals surface area (Å²) >= 11 is 7.28. The highest BCUT2D eigenvalue weighted by Gasteiger charge is 2.18. The molecule has 0 bridgehead atoms. The standard InChI is InChI=1S/C14H18BrNS2/c1-4-7-16-14(11-5-6-13(15)18-11)12-8-9(2)10(3)17-12/h5-6,8,14,16H,4,7H2,1-3H3. The van der Waals surface area contributed by atoms with E-state index in [9.17, 15) is 0 Å². The van der Waals surface area contributed by atoms with Crippen LogP contribution in [0, 0.1) is 13.8 Å². The molecule has 2 heterocycles. The van der Waals surface area contributed by atoms with Gasteiger partial charge >= 0.3 is 0 Å². The zero-order chi connectivity index (χ0) is 13.1. The van der Waals surface area contributed by atoms with Gasteiger partial charge in [0.25, 0.3) is 0 Å². The van der Waals surface area contributed by atoms with E-state index in [4.69, 9.17) is 0 Å². The molecule has 0 spiro atoms. The second kappa shape index (κ2) is 6.33. The number of nitrogens with one attached hydrogen (secondary N) is 1. The molecule has 4 heteroatoms. The summed E-state index contributed by atoms with van der Waals surface area (Å²) in [5, 5.41) is 3.66. The van der Waals surface area contributed by atoms with Crippen molar-refractivity contribution >= 4 is 38.6 Å². The molecular weight excluding hydrogens is 326 g/mol.